The molecule has 9 heteroatoms. The fourth-order valence-corrected chi connectivity index (χ4v) is 1.52. The molecule has 2 N–H and O–H groups in total. The number of methoxy groups -OCH3 is 1. The Balaban J connectivity index is 2.42. The molecule has 0 saturated heterocycles. The van der Waals surface area contributed by atoms with Crippen molar-refractivity contribution in [2.45, 2.75) is 0 Å². The normalized spacial score (nSPS) is 10.2. The summed E-state index contributed by atoms with van der Waals surface area (Å²) in [6.45, 7) is 0. The van der Waals surface area contributed by atoms with Gasteiger partial charge in [0.05, 0.1) is 17.8 Å². The van der Waals surface area contributed by atoms with Crippen LogP contribution < -0.4 is 10.5 Å². The molecule has 2 rings (SSSR count). The molecular formula is C8H7BrN6OS. The van der Waals surface area contributed by atoms with Crippen LogP contribution in [0.15, 0.2) is 17.0 Å². The first-order valence-electron chi connectivity index (χ1n) is 4.40. The van der Waals surface area contributed by atoms with Crippen molar-refractivity contribution in [3.63, 3.8) is 0 Å². The van der Waals surface area contributed by atoms with Gasteiger partial charge in [0, 0.05) is 0 Å². The van der Waals surface area contributed by atoms with Crippen LogP contribution in [0.25, 0.3) is 5.95 Å². The summed E-state index contributed by atoms with van der Waals surface area (Å²) in [7, 11) is 1.51. The highest BCUT2D eigenvalue weighted by Gasteiger charge is 2.10. The highest BCUT2D eigenvalue weighted by Crippen LogP contribution is 2.21. The zero-order valence-corrected chi connectivity index (χ0v) is 11.1. The van der Waals surface area contributed by atoms with E-state index in [9.17, 15) is 0 Å². The van der Waals surface area contributed by atoms with Gasteiger partial charge >= 0.3 is 0 Å². The lowest BCUT2D eigenvalue weighted by Crippen LogP contribution is -2.12. The number of nitrogens with two attached hydrogens (primary N) is 1. The molecule has 0 radical (unpaired) electrons. The van der Waals surface area contributed by atoms with E-state index in [1.54, 1.807) is 6.20 Å². The van der Waals surface area contributed by atoms with Crippen LogP contribution in [0, 0.1) is 0 Å². The third-order valence-corrected chi connectivity index (χ3v) is 2.54. The molecule has 0 aliphatic carbocycles. The minimum absolute atomic E-state index is 0.118. The van der Waals surface area contributed by atoms with Crippen LogP contribution in [0.2, 0.25) is 0 Å². The van der Waals surface area contributed by atoms with Crippen LogP contribution in [0.3, 0.4) is 0 Å². The zero-order valence-electron chi connectivity index (χ0n) is 8.66. The van der Waals surface area contributed by atoms with Crippen molar-refractivity contribution in [1.82, 2.24) is 24.7 Å². The molecular weight excluding hydrogens is 308 g/mol. The van der Waals surface area contributed by atoms with Crippen LogP contribution in [0.5, 0.6) is 5.88 Å². The average Bonchev–Trinajstić information content (AvgIpc) is 2.79. The minimum atomic E-state index is 0.118. The van der Waals surface area contributed by atoms with Gasteiger partial charge in [-0.15, -0.1) is 5.10 Å². The molecule has 0 amide bonds. The van der Waals surface area contributed by atoms with Gasteiger partial charge in [0.2, 0.25) is 11.7 Å². The number of thiocarbonyl (C=S) groups is 1. The number of rotatable bonds is 3. The maximum atomic E-state index is 5.41. The van der Waals surface area contributed by atoms with Crippen molar-refractivity contribution in [3.8, 4) is 11.8 Å². The highest BCUT2D eigenvalue weighted by molar-refractivity contribution is 9.10. The Hall–Kier alpha value is -1.61. The molecule has 0 aliphatic heterocycles. The zero-order chi connectivity index (χ0) is 12.4. The van der Waals surface area contributed by atoms with Gasteiger partial charge < -0.3 is 10.5 Å². The fourth-order valence-electron chi connectivity index (χ4n) is 1.07. The SMILES string of the molecule is COc1nc(-n2cnc(C(N)=S)n2)ncc1Br. The maximum Gasteiger partial charge on any atom is 0.255 e. The summed E-state index contributed by atoms with van der Waals surface area (Å²) in [6.07, 6.45) is 2.99. The molecule has 0 atom stereocenters. The Labute approximate surface area is 110 Å². The average molecular weight is 315 g/mol. The number of hydrogen-bond donors (Lipinski definition) is 1. The maximum absolute atomic E-state index is 5.41. The second-order valence-electron chi connectivity index (χ2n) is 2.90. The lowest BCUT2D eigenvalue weighted by atomic mass is 10.6. The molecule has 7 nitrogen and oxygen atoms in total. The van der Waals surface area contributed by atoms with Crippen molar-refractivity contribution in [2.24, 2.45) is 5.73 Å². The summed E-state index contributed by atoms with van der Waals surface area (Å²) in [5.41, 5.74) is 5.41. The van der Waals surface area contributed by atoms with E-state index in [0.717, 1.165) is 0 Å². The molecule has 0 bridgehead atoms. The number of ether oxygens (including phenoxy) is 1. The van der Waals surface area contributed by atoms with E-state index >= 15 is 0 Å². The summed E-state index contributed by atoms with van der Waals surface area (Å²) in [5.74, 6) is 0.993. The Morgan fingerprint density at radius 1 is 1.53 bits per heavy atom. The third kappa shape index (κ3) is 2.39. The minimum Gasteiger partial charge on any atom is -0.480 e. The van der Waals surface area contributed by atoms with Crippen molar-refractivity contribution >= 4 is 33.1 Å². The van der Waals surface area contributed by atoms with Crippen molar-refractivity contribution < 1.29 is 4.74 Å². The molecule has 2 aromatic rings. The summed E-state index contributed by atoms with van der Waals surface area (Å²) in [4.78, 5) is 12.2. The summed E-state index contributed by atoms with van der Waals surface area (Å²) >= 11 is 8.02. The highest BCUT2D eigenvalue weighted by atomic mass is 79.9. The Kier molecular flexibility index (Phi) is 3.29. The predicted octanol–water partition coefficient (Wildman–Crippen LogP) is 0.463. The van der Waals surface area contributed by atoms with E-state index in [2.05, 4.69) is 36.0 Å². The van der Waals surface area contributed by atoms with Crippen molar-refractivity contribution in [3.05, 3.63) is 22.8 Å². The van der Waals surface area contributed by atoms with Crippen LogP contribution >= 0.6 is 28.1 Å². The van der Waals surface area contributed by atoms with Gasteiger partial charge in [-0.1, -0.05) is 12.2 Å². The van der Waals surface area contributed by atoms with E-state index in [-0.39, 0.29) is 10.8 Å². The first-order valence-corrected chi connectivity index (χ1v) is 5.60. The number of halogens is 1. The molecule has 0 saturated carbocycles. The largest absolute Gasteiger partial charge is 0.480 e. The van der Waals surface area contributed by atoms with Crippen LogP contribution in [-0.4, -0.2) is 36.8 Å². The van der Waals surface area contributed by atoms with E-state index in [4.69, 9.17) is 22.7 Å². The van der Waals surface area contributed by atoms with Crippen molar-refractivity contribution in [1.29, 1.82) is 0 Å². The first-order chi connectivity index (χ1) is 8.11. The Morgan fingerprint density at radius 3 is 2.88 bits per heavy atom. The van der Waals surface area contributed by atoms with Gasteiger partial charge in [-0.3, -0.25) is 0 Å². The van der Waals surface area contributed by atoms with Gasteiger partial charge in [-0.2, -0.15) is 9.67 Å². The fraction of sp³-hybridized carbons (Fsp3) is 0.125. The van der Waals surface area contributed by atoms with Gasteiger partial charge in [-0.25, -0.2) is 9.97 Å². The van der Waals surface area contributed by atoms with Crippen LogP contribution in [0.1, 0.15) is 5.82 Å². The molecule has 88 valence electrons. The number of nitrogens with zero attached hydrogens (tertiary/aromatic N) is 5. The van der Waals surface area contributed by atoms with E-state index < -0.39 is 0 Å². The van der Waals surface area contributed by atoms with Crippen molar-refractivity contribution in [2.75, 3.05) is 7.11 Å². The van der Waals surface area contributed by atoms with Crippen LogP contribution in [0.4, 0.5) is 0 Å². The predicted molar refractivity (Wildman–Crippen MR) is 67.1 cm³/mol. The van der Waals surface area contributed by atoms with E-state index in [0.29, 0.717) is 16.3 Å². The lowest BCUT2D eigenvalue weighted by molar-refractivity contribution is 0.392. The van der Waals surface area contributed by atoms with Gasteiger partial charge in [0.15, 0.2) is 0 Å². The molecule has 0 spiro atoms. The molecule has 0 unspecified atom stereocenters. The van der Waals surface area contributed by atoms with Gasteiger partial charge in [0.1, 0.15) is 11.3 Å². The molecule has 0 fully saturated rings. The molecule has 0 aromatic carbocycles. The first kappa shape index (κ1) is 11.9. The number of hydrogen-bond acceptors (Lipinski definition) is 6. The summed E-state index contributed by atoms with van der Waals surface area (Å²) in [5, 5.41) is 4.03. The van der Waals surface area contributed by atoms with E-state index in [1.807, 2.05) is 0 Å². The van der Waals surface area contributed by atoms with Gasteiger partial charge in [0.25, 0.3) is 5.95 Å². The Morgan fingerprint density at radius 2 is 2.29 bits per heavy atom. The Bertz CT molecular complexity index is 571. The summed E-state index contributed by atoms with van der Waals surface area (Å²) in [6, 6.07) is 0. The van der Waals surface area contributed by atoms with Crippen LogP contribution in [-0.2, 0) is 0 Å². The molecule has 2 heterocycles. The van der Waals surface area contributed by atoms with E-state index in [1.165, 1.54) is 18.1 Å². The molecule has 17 heavy (non-hydrogen) atoms. The smallest absolute Gasteiger partial charge is 0.255 e. The lowest BCUT2D eigenvalue weighted by Gasteiger charge is -2.03. The monoisotopic (exact) mass is 314 g/mol. The molecule has 2 aromatic heterocycles. The summed E-state index contributed by atoms with van der Waals surface area (Å²) < 4.78 is 7.07. The standard InChI is InChI=1S/C8H7BrN6OS/c1-16-7-4(9)2-11-8(13-7)15-3-12-6(14-15)5(10)17/h2-3H,1H3,(H2,10,17). The number of aromatic nitrogens is 5. The van der Waals surface area contributed by atoms with Gasteiger partial charge in [-0.05, 0) is 15.9 Å². The third-order valence-electron chi connectivity index (χ3n) is 1.81. The second kappa shape index (κ2) is 4.72. The quantitative estimate of drug-likeness (QED) is 0.823. The second-order valence-corrected chi connectivity index (χ2v) is 4.20. The molecule has 0 aliphatic rings. The topological polar surface area (TPSA) is 91.7 Å².